The minimum Gasteiger partial charge on any atom is -0.494 e. The number of rotatable bonds is 7. The third-order valence-electron chi connectivity index (χ3n) is 4.10. The van der Waals surface area contributed by atoms with Gasteiger partial charge < -0.3 is 9.64 Å². The molecule has 0 aliphatic carbocycles. The van der Waals surface area contributed by atoms with Crippen LogP contribution >= 0.6 is 0 Å². The van der Waals surface area contributed by atoms with E-state index in [1.807, 2.05) is 31.2 Å². The van der Waals surface area contributed by atoms with Crippen molar-refractivity contribution in [2.24, 2.45) is 0 Å². The third kappa shape index (κ3) is 6.51. The first-order valence-corrected chi connectivity index (χ1v) is 10.4. The molecule has 1 N–H and O–H groups in total. The van der Waals surface area contributed by atoms with Crippen molar-refractivity contribution in [1.29, 1.82) is 0 Å². The van der Waals surface area contributed by atoms with Crippen LogP contribution in [-0.2, 0) is 14.8 Å². The topological polar surface area (TPSA) is 75.7 Å². The molecule has 138 valence electrons. The van der Waals surface area contributed by atoms with Gasteiger partial charge in [0.25, 0.3) is 0 Å². The van der Waals surface area contributed by atoms with Gasteiger partial charge in [-0.3, -0.25) is 4.79 Å². The van der Waals surface area contributed by atoms with Gasteiger partial charge in [0.1, 0.15) is 5.75 Å². The molecule has 0 aromatic heterocycles. The molecule has 1 aliphatic heterocycles. The van der Waals surface area contributed by atoms with E-state index in [4.69, 9.17) is 4.74 Å². The number of nitrogens with one attached hydrogen (secondary N) is 1. The Morgan fingerprint density at radius 2 is 2.04 bits per heavy atom. The molecule has 6 nitrogen and oxygen atoms in total. The van der Waals surface area contributed by atoms with Crippen LogP contribution in [0.15, 0.2) is 30.3 Å². The summed E-state index contributed by atoms with van der Waals surface area (Å²) >= 11 is 0. The lowest BCUT2D eigenvalue weighted by molar-refractivity contribution is -0.129. The van der Waals surface area contributed by atoms with Gasteiger partial charge in [-0.15, -0.1) is 0 Å². The predicted molar refractivity (Wildman–Crippen MR) is 98.8 cm³/mol. The Morgan fingerprint density at radius 1 is 1.32 bits per heavy atom. The van der Waals surface area contributed by atoms with Crippen LogP contribution in [0.3, 0.4) is 0 Å². The molecule has 7 heteroatoms. The molecule has 1 aliphatic rings. The molecule has 0 radical (unpaired) electrons. The molecule has 1 aromatic rings. The van der Waals surface area contributed by atoms with Crippen molar-refractivity contribution < 1.29 is 17.9 Å². The number of piperidine rings is 1. The number of ether oxygens (including phenoxy) is 1. The van der Waals surface area contributed by atoms with Crippen molar-refractivity contribution in [3.8, 4) is 5.75 Å². The number of benzene rings is 1. The molecule has 1 saturated heterocycles. The Hall–Kier alpha value is -1.86. The summed E-state index contributed by atoms with van der Waals surface area (Å²) in [5, 5.41) is 0. The predicted octanol–water partition coefficient (Wildman–Crippen LogP) is 2.03. The number of carbonyl (C=O) groups is 1. The fourth-order valence-corrected chi connectivity index (χ4v) is 3.35. The van der Waals surface area contributed by atoms with Gasteiger partial charge in [0, 0.05) is 25.2 Å². The summed E-state index contributed by atoms with van der Waals surface area (Å²) in [6, 6.07) is 7.43. The smallest absolute Gasteiger partial charge is 0.246 e. The third-order valence-corrected chi connectivity index (χ3v) is 4.79. The highest BCUT2D eigenvalue weighted by molar-refractivity contribution is 7.88. The highest BCUT2D eigenvalue weighted by atomic mass is 32.2. The maximum absolute atomic E-state index is 12.5. The molecular formula is C18H26N2O4S. The molecule has 1 amide bonds. The van der Waals surface area contributed by atoms with Crippen LogP contribution in [0.5, 0.6) is 5.75 Å². The molecular weight excluding hydrogens is 340 g/mol. The minimum absolute atomic E-state index is 0.0890. The molecule has 1 aromatic carbocycles. The van der Waals surface area contributed by atoms with Crippen LogP contribution in [0.1, 0.15) is 31.7 Å². The van der Waals surface area contributed by atoms with E-state index in [0.29, 0.717) is 13.2 Å². The van der Waals surface area contributed by atoms with E-state index < -0.39 is 10.0 Å². The summed E-state index contributed by atoms with van der Waals surface area (Å²) in [5.74, 6) is 0.711. The largest absolute Gasteiger partial charge is 0.494 e. The average molecular weight is 366 g/mol. The zero-order valence-corrected chi connectivity index (χ0v) is 15.6. The Balaban J connectivity index is 1.98. The Labute approximate surface area is 149 Å². The lowest BCUT2D eigenvalue weighted by Gasteiger charge is -2.35. The minimum atomic E-state index is -3.25. The van der Waals surface area contributed by atoms with Gasteiger partial charge in [0.05, 0.1) is 12.9 Å². The number of sulfonamides is 1. The van der Waals surface area contributed by atoms with Gasteiger partial charge in [-0.05, 0) is 50.0 Å². The van der Waals surface area contributed by atoms with Crippen LogP contribution in [0, 0.1) is 0 Å². The van der Waals surface area contributed by atoms with Crippen LogP contribution in [0.2, 0.25) is 0 Å². The van der Waals surface area contributed by atoms with Crippen molar-refractivity contribution in [3.63, 3.8) is 0 Å². The molecule has 0 saturated carbocycles. The number of nitrogens with zero attached hydrogens (tertiary/aromatic N) is 1. The normalized spacial score (nSPS) is 18.5. The van der Waals surface area contributed by atoms with E-state index in [-0.39, 0.29) is 18.5 Å². The lowest BCUT2D eigenvalue weighted by atomic mass is 10.0. The van der Waals surface area contributed by atoms with Crippen molar-refractivity contribution in [3.05, 3.63) is 35.9 Å². The van der Waals surface area contributed by atoms with E-state index >= 15 is 0 Å². The van der Waals surface area contributed by atoms with Gasteiger partial charge in [-0.25, -0.2) is 13.1 Å². The van der Waals surface area contributed by atoms with Gasteiger partial charge in [0.2, 0.25) is 15.9 Å². The Kier molecular flexibility index (Phi) is 7.01. The van der Waals surface area contributed by atoms with Crippen molar-refractivity contribution in [1.82, 2.24) is 9.62 Å². The summed E-state index contributed by atoms with van der Waals surface area (Å²) in [4.78, 5) is 14.3. The van der Waals surface area contributed by atoms with Crippen molar-refractivity contribution >= 4 is 22.0 Å². The Morgan fingerprint density at radius 3 is 2.68 bits per heavy atom. The summed E-state index contributed by atoms with van der Waals surface area (Å²) in [6.45, 7) is 3.47. The summed E-state index contributed by atoms with van der Waals surface area (Å²) in [7, 11) is -3.25. The quantitative estimate of drug-likeness (QED) is 0.749. The van der Waals surface area contributed by atoms with Gasteiger partial charge in [-0.2, -0.15) is 0 Å². The fourth-order valence-electron chi connectivity index (χ4n) is 2.86. The molecule has 1 fully saturated rings. The average Bonchev–Trinajstić information content (AvgIpc) is 2.59. The standard InChI is InChI=1S/C18H26N2O4S/c1-3-24-17-10-7-15(8-11-17)9-12-18(21)20-13-5-4-6-16(20)14-19-25(2,22)23/h7-12,16,19H,3-6,13-14H2,1-2H3/b12-9+/t16-/m1/s1. The molecule has 1 heterocycles. The van der Waals surface area contributed by atoms with Crippen LogP contribution < -0.4 is 9.46 Å². The van der Waals surface area contributed by atoms with Crippen LogP contribution in [0.25, 0.3) is 6.08 Å². The molecule has 0 bridgehead atoms. The molecule has 1 atom stereocenters. The first-order valence-electron chi connectivity index (χ1n) is 8.55. The monoisotopic (exact) mass is 366 g/mol. The van der Waals surface area contributed by atoms with Gasteiger partial charge in [0.15, 0.2) is 0 Å². The number of carbonyl (C=O) groups excluding carboxylic acids is 1. The van der Waals surface area contributed by atoms with E-state index in [0.717, 1.165) is 36.8 Å². The van der Waals surface area contributed by atoms with Crippen LogP contribution in [0.4, 0.5) is 0 Å². The van der Waals surface area contributed by atoms with E-state index in [1.165, 1.54) is 0 Å². The van der Waals surface area contributed by atoms with E-state index in [1.54, 1.807) is 17.1 Å². The van der Waals surface area contributed by atoms with E-state index in [9.17, 15) is 13.2 Å². The molecule has 0 spiro atoms. The second-order valence-electron chi connectivity index (χ2n) is 6.14. The second-order valence-corrected chi connectivity index (χ2v) is 7.97. The highest BCUT2D eigenvalue weighted by Gasteiger charge is 2.25. The number of amides is 1. The zero-order valence-electron chi connectivity index (χ0n) is 14.8. The SMILES string of the molecule is CCOc1ccc(/C=C/C(=O)N2CCCC[C@@H]2CNS(C)(=O)=O)cc1. The summed E-state index contributed by atoms with van der Waals surface area (Å²) in [5.41, 5.74) is 0.916. The fraction of sp³-hybridized carbons (Fsp3) is 0.500. The number of hydrogen-bond donors (Lipinski definition) is 1. The zero-order chi connectivity index (χ0) is 18.3. The lowest BCUT2D eigenvalue weighted by Crippen LogP contribution is -2.48. The van der Waals surface area contributed by atoms with Gasteiger partial charge in [-0.1, -0.05) is 12.1 Å². The Bertz CT molecular complexity index is 698. The summed E-state index contributed by atoms with van der Waals surface area (Å²) in [6.07, 6.45) is 7.21. The maximum Gasteiger partial charge on any atom is 0.246 e. The molecule has 25 heavy (non-hydrogen) atoms. The van der Waals surface area contributed by atoms with E-state index in [2.05, 4.69) is 4.72 Å². The number of hydrogen-bond acceptors (Lipinski definition) is 4. The molecule has 0 unspecified atom stereocenters. The summed E-state index contributed by atoms with van der Waals surface area (Å²) < 4.78 is 30.5. The molecule has 2 rings (SSSR count). The van der Waals surface area contributed by atoms with Crippen molar-refractivity contribution in [2.45, 2.75) is 32.2 Å². The van der Waals surface area contributed by atoms with Crippen LogP contribution in [-0.4, -0.2) is 51.2 Å². The van der Waals surface area contributed by atoms with Crippen molar-refractivity contribution in [2.75, 3.05) is 26.0 Å². The first kappa shape index (κ1) is 19.5. The second kappa shape index (κ2) is 9.01. The first-order chi connectivity index (χ1) is 11.9. The highest BCUT2D eigenvalue weighted by Crippen LogP contribution is 2.18. The maximum atomic E-state index is 12.5. The van der Waals surface area contributed by atoms with Gasteiger partial charge >= 0.3 is 0 Å². The number of likely N-dealkylation sites (tertiary alicyclic amines) is 1.